The van der Waals surface area contributed by atoms with Crippen LogP contribution in [-0.2, 0) is 4.79 Å². The lowest BCUT2D eigenvalue weighted by Gasteiger charge is -2.17. The Bertz CT molecular complexity index is 1070. The van der Waals surface area contributed by atoms with Crippen LogP contribution in [0.15, 0.2) is 73.6 Å². The number of hydrogen-bond acceptors (Lipinski definition) is 4. The fraction of sp³-hybridized carbons (Fsp3) is 0.143. The molecule has 1 amide bonds. The Balaban J connectivity index is 1.59. The molecule has 7 heteroatoms. The molecule has 140 valence electrons. The lowest BCUT2D eigenvalue weighted by molar-refractivity contribution is -0.114. The third kappa shape index (κ3) is 3.55. The molecule has 1 N–H and O–H groups in total. The van der Waals surface area contributed by atoms with E-state index in [2.05, 4.69) is 44.0 Å². The number of carbonyl (C=O) groups excluding carboxylic acids is 1. The third-order valence-corrected chi connectivity index (χ3v) is 4.61. The van der Waals surface area contributed by atoms with Crippen molar-refractivity contribution >= 4 is 11.6 Å². The van der Waals surface area contributed by atoms with Gasteiger partial charge in [0.1, 0.15) is 18.5 Å². The van der Waals surface area contributed by atoms with Crippen LogP contribution < -0.4 is 5.32 Å². The molecule has 1 atom stereocenters. The molecule has 4 rings (SSSR count). The number of rotatable bonds is 5. The van der Waals surface area contributed by atoms with Gasteiger partial charge in [-0.05, 0) is 48.9 Å². The van der Waals surface area contributed by atoms with Crippen LogP contribution in [-0.4, -0.2) is 30.2 Å². The molecular weight excluding hydrogens is 352 g/mol. The number of benzene rings is 2. The van der Waals surface area contributed by atoms with Crippen LogP contribution >= 0.6 is 0 Å². The largest absolute Gasteiger partial charge is 0.326 e. The second kappa shape index (κ2) is 7.48. The van der Waals surface area contributed by atoms with Crippen molar-refractivity contribution in [2.24, 2.45) is 0 Å². The summed E-state index contributed by atoms with van der Waals surface area (Å²) in [5, 5.41) is 6.93. The van der Waals surface area contributed by atoms with E-state index >= 15 is 0 Å². The first kappa shape index (κ1) is 17.7. The summed E-state index contributed by atoms with van der Waals surface area (Å²) in [6.45, 7) is 3.64. The summed E-state index contributed by atoms with van der Waals surface area (Å²) in [7, 11) is 0. The molecule has 2 aromatic heterocycles. The minimum absolute atomic E-state index is 0.0859. The zero-order chi connectivity index (χ0) is 19.5. The van der Waals surface area contributed by atoms with Crippen LogP contribution in [0.3, 0.4) is 0 Å². The smallest absolute Gasteiger partial charge is 0.221 e. The summed E-state index contributed by atoms with van der Waals surface area (Å²) < 4.78 is 3.87. The van der Waals surface area contributed by atoms with Crippen molar-refractivity contribution in [3.8, 4) is 17.1 Å². The van der Waals surface area contributed by atoms with Gasteiger partial charge in [-0.15, -0.1) is 0 Å². The average Bonchev–Trinajstić information content (AvgIpc) is 3.40. The second-order valence-electron chi connectivity index (χ2n) is 6.52. The Morgan fingerprint density at radius 2 is 1.82 bits per heavy atom. The average molecular weight is 372 g/mol. The van der Waals surface area contributed by atoms with Gasteiger partial charge in [-0.3, -0.25) is 4.79 Å². The minimum Gasteiger partial charge on any atom is -0.326 e. The maximum absolute atomic E-state index is 11.2. The van der Waals surface area contributed by atoms with Crippen molar-refractivity contribution < 1.29 is 4.79 Å². The van der Waals surface area contributed by atoms with Crippen LogP contribution in [0.25, 0.3) is 17.1 Å². The van der Waals surface area contributed by atoms with Crippen molar-refractivity contribution in [1.29, 1.82) is 0 Å². The predicted molar refractivity (Wildman–Crippen MR) is 107 cm³/mol. The van der Waals surface area contributed by atoms with Gasteiger partial charge in [-0.1, -0.05) is 12.1 Å². The van der Waals surface area contributed by atoms with Crippen molar-refractivity contribution in [2.45, 2.75) is 19.9 Å². The molecule has 0 fully saturated rings. The van der Waals surface area contributed by atoms with Gasteiger partial charge in [0.2, 0.25) is 5.91 Å². The Hall–Kier alpha value is -3.74. The van der Waals surface area contributed by atoms with Crippen LogP contribution in [0.4, 0.5) is 5.69 Å². The van der Waals surface area contributed by atoms with Gasteiger partial charge in [0, 0.05) is 30.6 Å². The molecule has 0 aliphatic heterocycles. The van der Waals surface area contributed by atoms with E-state index in [1.807, 2.05) is 42.6 Å². The van der Waals surface area contributed by atoms with E-state index in [4.69, 9.17) is 0 Å². The number of imidazole rings is 1. The van der Waals surface area contributed by atoms with Gasteiger partial charge >= 0.3 is 0 Å². The summed E-state index contributed by atoms with van der Waals surface area (Å²) >= 11 is 0. The first-order chi connectivity index (χ1) is 13.6. The Kier molecular flexibility index (Phi) is 4.72. The van der Waals surface area contributed by atoms with E-state index in [0.29, 0.717) is 0 Å². The maximum Gasteiger partial charge on any atom is 0.221 e. The molecule has 28 heavy (non-hydrogen) atoms. The van der Waals surface area contributed by atoms with Gasteiger partial charge in [0.05, 0.1) is 11.7 Å². The zero-order valence-electron chi connectivity index (χ0n) is 15.6. The highest BCUT2D eigenvalue weighted by Crippen LogP contribution is 2.27. The summed E-state index contributed by atoms with van der Waals surface area (Å²) in [5.41, 5.74) is 3.89. The first-order valence-corrected chi connectivity index (χ1v) is 8.97. The fourth-order valence-electron chi connectivity index (χ4n) is 3.16. The molecule has 0 aliphatic rings. The SMILES string of the molecule is CC(=O)Nc1ccc(-c2nccn2[C@@H](C)c2ccc(-n3cncn3)cc2)cc1. The van der Waals surface area contributed by atoms with E-state index in [-0.39, 0.29) is 11.9 Å². The molecule has 0 saturated carbocycles. The standard InChI is InChI=1S/C21H20N6O/c1-15(17-5-9-20(10-6-17)27-14-22-13-24-27)26-12-11-23-21(26)18-3-7-19(8-4-18)25-16(2)28/h3-15H,1-2H3,(H,25,28)/t15-/m0/s1. The van der Waals surface area contributed by atoms with E-state index in [9.17, 15) is 4.79 Å². The molecule has 0 radical (unpaired) electrons. The summed E-state index contributed by atoms with van der Waals surface area (Å²) in [4.78, 5) is 19.7. The monoisotopic (exact) mass is 372 g/mol. The van der Waals surface area contributed by atoms with E-state index < -0.39 is 0 Å². The second-order valence-corrected chi connectivity index (χ2v) is 6.52. The molecule has 0 saturated heterocycles. The maximum atomic E-state index is 11.2. The number of nitrogens with zero attached hydrogens (tertiary/aromatic N) is 5. The fourth-order valence-corrected chi connectivity index (χ4v) is 3.16. The molecule has 0 unspecified atom stereocenters. The van der Waals surface area contributed by atoms with E-state index in [0.717, 1.165) is 28.3 Å². The van der Waals surface area contributed by atoms with Gasteiger partial charge < -0.3 is 9.88 Å². The van der Waals surface area contributed by atoms with Gasteiger partial charge in [-0.2, -0.15) is 5.10 Å². The molecular formula is C21H20N6O. The van der Waals surface area contributed by atoms with Crippen molar-refractivity contribution in [1.82, 2.24) is 24.3 Å². The summed E-state index contributed by atoms with van der Waals surface area (Å²) in [6, 6.07) is 16.0. The van der Waals surface area contributed by atoms with E-state index in [1.54, 1.807) is 17.2 Å². The molecule has 0 spiro atoms. The quantitative estimate of drug-likeness (QED) is 0.579. The normalized spacial score (nSPS) is 11.9. The molecule has 0 bridgehead atoms. The highest BCUT2D eigenvalue weighted by molar-refractivity contribution is 5.88. The van der Waals surface area contributed by atoms with Crippen molar-refractivity contribution in [3.63, 3.8) is 0 Å². The lowest BCUT2D eigenvalue weighted by Crippen LogP contribution is -2.08. The van der Waals surface area contributed by atoms with Gasteiger partial charge in [0.25, 0.3) is 0 Å². The zero-order valence-corrected chi connectivity index (χ0v) is 15.6. The topological polar surface area (TPSA) is 77.6 Å². The summed E-state index contributed by atoms with van der Waals surface area (Å²) in [5.74, 6) is 0.791. The highest BCUT2D eigenvalue weighted by Gasteiger charge is 2.14. The first-order valence-electron chi connectivity index (χ1n) is 8.97. The third-order valence-electron chi connectivity index (χ3n) is 4.61. The summed E-state index contributed by atoms with van der Waals surface area (Å²) in [6.07, 6.45) is 6.98. The van der Waals surface area contributed by atoms with Crippen LogP contribution in [0, 0.1) is 0 Å². The molecule has 2 heterocycles. The Morgan fingerprint density at radius 1 is 1.07 bits per heavy atom. The number of carbonyl (C=O) groups is 1. The van der Waals surface area contributed by atoms with E-state index in [1.165, 1.54) is 13.3 Å². The molecule has 0 aliphatic carbocycles. The lowest BCUT2D eigenvalue weighted by atomic mass is 10.1. The molecule has 4 aromatic rings. The number of aromatic nitrogens is 5. The van der Waals surface area contributed by atoms with Crippen LogP contribution in [0.2, 0.25) is 0 Å². The molecule has 2 aromatic carbocycles. The number of amides is 1. The van der Waals surface area contributed by atoms with Gasteiger partial charge in [-0.25, -0.2) is 14.6 Å². The Labute approximate surface area is 162 Å². The predicted octanol–water partition coefficient (Wildman–Crippen LogP) is 3.70. The number of anilines is 1. The Morgan fingerprint density at radius 3 is 2.46 bits per heavy atom. The van der Waals surface area contributed by atoms with Gasteiger partial charge in [0.15, 0.2) is 0 Å². The van der Waals surface area contributed by atoms with Crippen molar-refractivity contribution in [3.05, 3.63) is 79.1 Å². The van der Waals surface area contributed by atoms with Crippen LogP contribution in [0.5, 0.6) is 0 Å². The molecule has 7 nitrogen and oxygen atoms in total. The number of hydrogen-bond donors (Lipinski definition) is 1. The van der Waals surface area contributed by atoms with Crippen LogP contribution in [0.1, 0.15) is 25.5 Å². The number of nitrogens with one attached hydrogen (secondary N) is 1. The minimum atomic E-state index is -0.0859. The highest BCUT2D eigenvalue weighted by atomic mass is 16.1. The van der Waals surface area contributed by atoms with Crippen molar-refractivity contribution in [2.75, 3.05) is 5.32 Å².